The Morgan fingerprint density at radius 2 is 2.17 bits per heavy atom. The second kappa shape index (κ2) is 6.33. The summed E-state index contributed by atoms with van der Waals surface area (Å²) in [7, 11) is 0. The van der Waals surface area contributed by atoms with Crippen LogP contribution in [0.3, 0.4) is 0 Å². The maximum Gasteiger partial charge on any atom is 0.411 e. The summed E-state index contributed by atoms with van der Waals surface area (Å²) in [6, 6.07) is 0. The van der Waals surface area contributed by atoms with Gasteiger partial charge in [0.15, 0.2) is 0 Å². The highest BCUT2D eigenvalue weighted by Crippen LogP contribution is 2.14. The number of hydrogen-bond donors (Lipinski definition) is 0. The lowest BCUT2D eigenvalue weighted by Gasteiger charge is -2.09. The largest absolute Gasteiger partial charge is 0.411 e. The summed E-state index contributed by atoms with van der Waals surface area (Å²) in [6.07, 6.45) is -2.63. The second-order valence-corrected chi connectivity index (χ2v) is 4.46. The quantitative estimate of drug-likeness (QED) is 0.779. The van der Waals surface area contributed by atoms with Crippen molar-refractivity contribution in [2.75, 3.05) is 13.2 Å². The molecule has 0 aliphatic rings. The Morgan fingerprint density at radius 3 is 2.78 bits per heavy atom. The molecule has 0 aliphatic carbocycles. The number of alkyl halides is 3. The fourth-order valence-electron chi connectivity index (χ4n) is 1.23. The molecule has 8 heteroatoms. The standard InChI is InChI=1S/C10H12BrF3N2O2/c1-7-8(11)9(17)16(6-15-7)3-2-4-18-5-10(12,13)14/h6H,2-5H2,1H3. The van der Waals surface area contributed by atoms with Crippen LogP contribution in [-0.2, 0) is 11.3 Å². The molecular weight excluding hydrogens is 317 g/mol. The van der Waals surface area contributed by atoms with E-state index in [1.807, 2.05) is 0 Å². The van der Waals surface area contributed by atoms with Crippen LogP contribution in [0.15, 0.2) is 15.6 Å². The van der Waals surface area contributed by atoms with E-state index in [2.05, 4.69) is 25.7 Å². The van der Waals surface area contributed by atoms with E-state index in [4.69, 9.17) is 0 Å². The van der Waals surface area contributed by atoms with Gasteiger partial charge in [-0.15, -0.1) is 0 Å². The highest BCUT2D eigenvalue weighted by molar-refractivity contribution is 9.10. The molecule has 0 fully saturated rings. The Hall–Kier alpha value is -0.890. The minimum Gasteiger partial charge on any atom is -0.372 e. The van der Waals surface area contributed by atoms with Crippen LogP contribution in [0.1, 0.15) is 12.1 Å². The molecule has 18 heavy (non-hydrogen) atoms. The fraction of sp³-hybridized carbons (Fsp3) is 0.600. The highest BCUT2D eigenvalue weighted by Gasteiger charge is 2.27. The molecule has 1 aromatic rings. The van der Waals surface area contributed by atoms with Crippen molar-refractivity contribution in [2.24, 2.45) is 0 Å². The molecule has 1 rings (SSSR count). The molecule has 0 saturated carbocycles. The van der Waals surface area contributed by atoms with E-state index < -0.39 is 12.8 Å². The summed E-state index contributed by atoms with van der Waals surface area (Å²) >= 11 is 3.10. The molecule has 0 radical (unpaired) electrons. The zero-order valence-corrected chi connectivity index (χ0v) is 11.2. The van der Waals surface area contributed by atoms with Crippen molar-refractivity contribution in [2.45, 2.75) is 26.1 Å². The average Bonchev–Trinajstić information content (AvgIpc) is 2.27. The molecule has 0 aliphatic heterocycles. The van der Waals surface area contributed by atoms with Gasteiger partial charge in [0.05, 0.1) is 12.0 Å². The normalized spacial score (nSPS) is 11.8. The van der Waals surface area contributed by atoms with Crippen LogP contribution >= 0.6 is 15.9 Å². The van der Waals surface area contributed by atoms with Gasteiger partial charge in [-0.2, -0.15) is 13.2 Å². The van der Waals surface area contributed by atoms with Gasteiger partial charge < -0.3 is 4.74 Å². The maximum atomic E-state index is 11.8. The van der Waals surface area contributed by atoms with Crippen LogP contribution in [0.2, 0.25) is 0 Å². The minimum atomic E-state index is -4.31. The summed E-state index contributed by atoms with van der Waals surface area (Å²) in [5.41, 5.74) is 0.322. The topological polar surface area (TPSA) is 44.1 Å². The van der Waals surface area contributed by atoms with Crippen LogP contribution < -0.4 is 5.56 Å². The molecule has 1 aromatic heterocycles. The van der Waals surface area contributed by atoms with Gasteiger partial charge in [-0.25, -0.2) is 4.98 Å². The predicted molar refractivity (Wildman–Crippen MR) is 62.4 cm³/mol. The van der Waals surface area contributed by atoms with Gasteiger partial charge >= 0.3 is 6.18 Å². The average molecular weight is 329 g/mol. The summed E-state index contributed by atoms with van der Waals surface area (Å²) in [6.45, 7) is 0.625. The van der Waals surface area contributed by atoms with E-state index in [-0.39, 0.29) is 18.7 Å². The predicted octanol–water partition coefficient (Wildman–Crippen LogP) is 2.28. The van der Waals surface area contributed by atoms with Crippen molar-refractivity contribution in [1.82, 2.24) is 9.55 Å². The number of hydrogen-bond acceptors (Lipinski definition) is 3. The van der Waals surface area contributed by atoms with Crippen molar-refractivity contribution in [3.05, 3.63) is 26.8 Å². The van der Waals surface area contributed by atoms with E-state index >= 15 is 0 Å². The first kappa shape index (κ1) is 15.2. The molecule has 0 aromatic carbocycles. The van der Waals surface area contributed by atoms with Crippen LogP contribution in [0.5, 0.6) is 0 Å². The molecule has 1 heterocycles. The summed E-state index contributed by atoms with van der Waals surface area (Å²) in [4.78, 5) is 15.6. The Bertz CT molecular complexity index is 459. The molecule has 0 spiro atoms. The van der Waals surface area contributed by atoms with Gasteiger partial charge in [0.2, 0.25) is 0 Å². The van der Waals surface area contributed by atoms with Crippen molar-refractivity contribution < 1.29 is 17.9 Å². The van der Waals surface area contributed by atoms with E-state index in [9.17, 15) is 18.0 Å². The van der Waals surface area contributed by atoms with E-state index in [0.717, 1.165) is 0 Å². The van der Waals surface area contributed by atoms with Gasteiger partial charge in [0.1, 0.15) is 11.1 Å². The lowest BCUT2D eigenvalue weighted by molar-refractivity contribution is -0.174. The molecule has 0 N–H and O–H groups in total. The van der Waals surface area contributed by atoms with Crippen LogP contribution in [0.25, 0.3) is 0 Å². The maximum absolute atomic E-state index is 11.8. The minimum absolute atomic E-state index is 0.0581. The van der Waals surface area contributed by atoms with Gasteiger partial charge in [-0.3, -0.25) is 9.36 Å². The van der Waals surface area contributed by atoms with Gasteiger partial charge in [-0.05, 0) is 29.3 Å². The summed E-state index contributed by atoms with van der Waals surface area (Å²) < 4.78 is 41.4. The number of rotatable bonds is 5. The molecule has 4 nitrogen and oxygen atoms in total. The van der Waals surface area contributed by atoms with E-state index in [1.165, 1.54) is 10.9 Å². The molecule has 0 amide bonds. The molecule has 0 bridgehead atoms. The second-order valence-electron chi connectivity index (χ2n) is 3.66. The molecule has 0 saturated heterocycles. The zero-order chi connectivity index (χ0) is 13.8. The number of nitrogens with zero attached hydrogens (tertiary/aromatic N) is 2. The van der Waals surface area contributed by atoms with E-state index in [0.29, 0.717) is 16.6 Å². The molecule has 102 valence electrons. The van der Waals surface area contributed by atoms with Gasteiger partial charge in [0, 0.05) is 13.2 Å². The smallest absolute Gasteiger partial charge is 0.372 e. The summed E-state index contributed by atoms with van der Waals surface area (Å²) in [5.74, 6) is 0. The molecule has 0 atom stereocenters. The molecule has 0 unspecified atom stereocenters. The Labute approximate surface area is 110 Å². The van der Waals surface area contributed by atoms with Crippen molar-refractivity contribution >= 4 is 15.9 Å². The van der Waals surface area contributed by atoms with Crippen LogP contribution in [0, 0.1) is 6.92 Å². The lowest BCUT2D eigenvalue weighted by atomic mass is 10.4. The molecular formula is C10H12BrF3N2O2. The third kappa shape index (κ3) is 4.77. The van der Waals surface area contributed by atoms with Gasteiger partial charge in [-0.1, -0.05) is 0 Å². The van der Waals surface area contributed by atoms with Crippen LogP contribution in [0.4, 0.5) is 13.2 Å². The van der Waals surface area contributed by atoms with Crippen molar-refractivity contribution in [3.63, 3.8) is 0 Å². The monoisotopic (exact) mass is 328 g/mol. The number of aromatic nitrogens is 2. The first-order chi connectivity index (χ1) is 8.31. The third-order valence-corrected chi connectivity index (χ3v) is 3.02. The first-order valence-electron chi connectivity index (χ1n) is 5.17. The third-order valence-electron chi connectivity index (χ3n) is 2.11. The lowest BCUT2D eigenvalue weighted by Crippen LogP contribution is -2.23. The summed E-state index contributed by atoms with van der Waals surface area (Å²) in [5, 5.41) is 0. The van der Waals surface area contributed by atoms with E-state index in [1.54, 1.807) is 6.92 Å². The van der Waals surface area contributed by atoms with Crippen molar-refractivity contribution in [3.8, 4) is 0 Å². The fourth-order valence-corrected chi connectivity index (χ4v) is 1.56. The van der Waals surface area contributed by atoms with Gasteiger partial charge in [0.25, 0.3) is 5.56 Å². The highest BCUT2D eigenvalue weighted by atomic mass is 79.9. The SMILES string of the molecule is Cc1ncn(CCCOCC(F)(F)F)c(=O)c1Br. The van der Waals surface area contributed by atoms with Crippen LogP contribution in [-0.4, -0.2) is 28.9 Å². The number of aryl methyl sites for hydroxylation is 2. The number of halogens is 4. The number of ether oxygens (including phenoxy) is 1. The Balaban J connectivity index is 2.41. The zero-order valence-electron chi connectivity index (χ0n) is 9.63. The Morgan fingerprint density at radius 1 is 1.50 bits per heavy atom. The van der Waals surface area contributed by atoms with Crippen molar-refractivity contribution in [1.29, 1.82) is 0 Å². The first-order valence-corrected chi connectivity index (χ1v) is 5.96. The Kier molecular flexibility index (Phi) is 5.33.